The van der Waals surface area contributed by atoms with Gasteiger partial charge in [-0.2, -0.15) is 0 Å². The van der Waals surface area contributed by atoms with Crippen molar-refractivity contribution in [3.63, 3.8) is 0 Å². The minimum Gasteiger partial charge on any atom is -0.456 e. The Morgan fingerprint density at radius 3 is 2.05 bits per heavy atom. The van der Waals surface area contributed by atoms with E-state index < -0.39 is 0 Å². The van der Waals surface area contributed by atoms with E-state index in [2.05, 4.69) is 130 Å². The van der Waals surface area contributed by atoms with Crippen LogP contribution in [0.5, 0.6) is 0 Å². The number of nitrogens with zero attached hydrogens (tertiary/aromatic N) is 2. The van der Waals surface area contributed by atoms with Gasteiger partial charge >= 0.3 is 0 Å². The van der Waals surface area contributed by atoms with Gasteiger partial charge in [0.05, 0.1) is 27.8 Å². The molecule has 0 radical (unpaired) electrons. The van der Waals surface area contributed by atoms with Crippen LogP contribution in [0.4, 0.5) is 0 Å². The van der Waals surface area contributed by atoms with Gasteiger partial charge in [-0.3, -0.25) is 0 Å². The largest absolute Gasteiger partial charge is 0.456 e. The number of benzene rings is 5. The molecule has 5 aromatic carbocycles. The smallest absolute Gasteiger partial charge is 0.137 e. The van der Waals surface area contributed by atoms with Gasteiger partial charge in [-0.15, -0.1) is 0 Å². The van der Waals surface area contributed by atoms with Crippen LogP contribution in [0.15, 0.2) is 120 Å². The highest BCUT2D eigenvalue weighted by molar-refractivity contribution is 6.19. The maximum Gasteiger partial charge on any atom is 0.137 e. The van der Waals surface area contributed by atoms with Crippen molar-refractivity contribution in [3.8, 4) is 11.4 Å². The third-order valence-corrected chi connectivity index (χ3v) is 8.37. The van der Waals surface area contributed by atoms with Crippen LogP contribution < -0.4 is 0 Å². The Hall–Kier alpha value is -5.02. The molecule has 8 aromatic rings. The van der Waals surface area contributed by atoms with E-state index in [1.54, 1.807) is 0 Å². The van der Waals surface area contributed by atoms with Crippen molar-refractivity contribution in [3.05, 3.63) is 127 Å². The number of rotatable bonds is 2. The molecule has 9 rings (SSSR count). The molecular weight excluding hydrogens is 476 g/mol. The molecule has 0 spiro atoms. The van der Waals surface area contributed by atoms with Gasteiger partial charge in [0.25, 0.3) is 0 Å². The van der Waals surface area contributed by atoms with Crippen molar-refractivity contribution in [1.82, 2.24) is 9.13 Å². The monoisotopic (exact) mass is 500 g/mol. The first kappa shape index (κ1) is 21.0. The van der Waals surface area contributed by atoms with Crippen LogP contribution in [0, 0.1) is 0 Å². The lowest BCUT2D eigenvalue weighted by Crippen LogP contribution is -1.98. The zero-order valence-electron chi connectivity index (χ0n) is 21.3. The topological polar surface area (TPSA) is 23.0 Å². The van der Waals surface area contributed by atoms with Crippen LogP contribution in [-0.4, -0.2) is 9.13 Å². The molecule has 0 N–H and O–H groups in total. The summed E-state index contributed by atoms with van der Waals surface area (Å²) in [7, 11) is 0. The number of fused-ring (bicyclic) bond motifs is 9. The summed E-state index contributed by atoms with van der Waals surface area (Å²) >= 11 is 0. The first-order chi connectivity index (χ1) is 19.4. The van der Waals surface area contributed by atoms with Crippen molar-refractivity contribution in [2.24, 2.45) is 0 Å². The number of para-hydroxylation sites is 3. The van der Waals surface area contributed by atoms with Crippen molar-refractivity contribution in [2.75, 3.05) is 0 Å². The summed E-state index contributed by atoms with van der Waals surface area (Å²) in [5, 5.41) is 6.30. The summed E-state index contributed by atoms with van der Waals surface area (Å²) in [6, 6.07) is 39.5. The molecule has 0 saturated carbocycles. The lowest BCUT2D eigenvalue weighted by molar-refractivity contribution is 0.595. The number of aromatic nitrogens is 2. The Labute approximate surface area is 224 Å². The molecule has 184 valence electrons. The van der Waals surface area contributed by atoms with E-state index in [1.165, 1.54) is 65.9 Å². The van der Waals surface area contributed by atoms with E-state index in [9.17, 15) is 0 Å². The van der Waals surface area contributed by atoms with Gasteiger partial charge in [-0.05, 0) is 67.4 Å². The molecule has 1 aliphatic carbocycles. The van der Waals surface area contributed by atoms with Crippen molar-refractivity contribution in [1.29, 1.82) is 0 Å². The summed E-state index contributed by atoms with van der Waals surface area (Å²) in [6.07, 6.45) is 6.39. The lowest BCUT2D eigenvalue weighted by Gasteiger charge is -2.12. The maximum absolute atomic E-state index is 6.34. The average Bonchev–Trinajstić information content (AvgIpc) is 3.64. The highest BCUT2D eigenvalue weighted by Crippen LogP contribution is 2.42. The molecule has 0 unspecified atom stereocenters. The quantitative estimate of drug-likeness (QED) is 0.232. The lowest BCUT2D eigenvalue weighted by atomic mass is 10.00. The zero-order chi connectivity index (χ0) is 25.5. The normalized spacial score (nSPS) is 13.3. The minimum absolute atomic E-state index is 0.953. The Bertz CT molecular complexity index is 2270. The van der Waals surface area contributed by atoms with Gasteiger partial charge in [-0.25, -0.2) is 0 Å². The van der Waals surface area contributed by atoms with Gasteiger partial charge < -0.3 is 13.6 Å². The first-order valence-electron chi connectivity index (χ1n) is 13.6. The molecule has 3 aromatic heterocycles. The van der Waals surface area contributed by atoms with E-state index in [0.717, 1.165) is 24.2 Å². The van der Waals surface area contributed by atoms with Crippen LogP contribution in [0.2, 0.25) is 0 Å². The van der Waals surface area contributed by atoms with Crippen molar-refractivity contribution >= 4 is 60.7 Å². The summed E-state index contributed by atoms with van der Waals surface area (Å²) in [5.41, 5.74) is 9.47. The summed E-state index contributed by atoms with van der Waals surface area (Å²) in [6.45, 7) is 0. The fourth-order valence-corrected chi connectivity index (χ4v) is 6.74. The van der Waals surface area contributed by atoms with Gasteiger partial charge in [-0.1, -0.05) is 66.7 Å². The molecular formula is C36H24N2O. The number of aryl methyl sites for hydroxylation is 1. The van der Waals surface area contributed by atoms with Crippen LogP contribution in [-0.2, 0) is 6.42 Å². The summed E-state index contributed by atoms with van der Waals surface area (Å²) in [5.74, 6) is 0.996. The fraction of sp³-hybridized carbons (Fsp3) is 0.0556. The predicted molar refractivity (Wildman–Crippen MR) is 162 cm³/mol. The number of allylic oxidation sites excluding steroid dienone is 1. The maximum atomic E-state index is 6.34. The molecule has 3 heterocycles. The second-order valence-electron chi connectivity index (χ2n) is 10.5. The van der Waals surface area contributed by atoms with E-state index in [4.69, 9.17) is 4.42 Å². The predicted octanol–water partition coefficient (Wildman–Crippen LogP) is 9.59. The van der Waals surface area contributed by atoms with Gasteiger partial charge in [0.1, 0.15) is 11.3 Å². The zero-order valence-corrected chi connectivity index (χ0v) is 21.3. The van der Waals surface area contributed by atoms with Gasteiger partial charge in [0.2, 0.25) is 0 Å². The summed E-state index contributed by atoms with van der Waals surface area (Å²) < 4.78 is 11.2. The van der Waals surface area contributed by atoms with Gasteiger partial charge in [0.15, 0.2) is 0 Å². The van der Waals surface area contributed by atoms with E-state index >= 15 is 0 Å². The van der Waals surface area contributed by atoms with Crippen LogP contribution in [0.1, 0.15) is 17.7 Å². The second-order valence-corrected chi connectivity index (χ2v) is 10.5. The molecule has 39 heavy (non-hydrogen) atoms. The standard InChI is InChI=1S/C36H24N2O/c1-2-11-23(12-3-1)37-29-16-7-4-13-24(29)27-21-28-25-14-5-8-17-30(25)38(33(28)22-32(27)37)31-18-10-20-35-36(31)26-15-6-9-19-34(26)39-35/h1-5,7-14,16-22H,6,15H2. The average molecular weight is 501 g/mol. The molecule has 0 atom stereocenters. The van der Waals surface area contributed by atoms with E-state index in [-0.39, 0.29) is 0 Å². The second kappa shape index (κ2) is 7.75. The number of hydrogen-bond acceptors (Lipinski definition) is 1. The van der Waals surface area contributed by atoms with Crippen LogP contribution in [0.3, 0.4) is 0 Å². The van der Waals surface area contributed by atoms with Crippen LogP contribution >= 0.6 is 0 Å². The van der Waals surface area contributed by atoms with E-state index in [1.807, 2.05) is 0 Å². The molecule has 1 aliphatic rings. The highest BCUT2D eigenvalue weighted by atomic mass is 16.3. The molecule has 0 aliphatic heterocycles. The Morgan fingerprint density at radius 2 is 1.26 bits per heavy atom. The Balaban J connectivity index is 1.48. The fourth-order valence-electron chi connectivity index (χ4n) is 6.74. The molecule has 0 amide bonds. The SMILES string of the molecule is C1=Cc2oc3cccc(-n4c5ccccc5c5cc6c7ccccc7n(-c7ccccc7)c6cc54)c3c2CC1. The number of hydrogen-bond donors (Lipinski definition) is 0. The molecule has 3 heteroatoms. The molecule has 0 saturated heterocycles. The molecule has 0 bridgehead atoms. The minimum atomic E-state index is 0.953. The van der Waals surface area contributed by atoms with Crippen LogP contribution in [0.25, 0.3) is 72.0 Å². The van der Waals surface area contributed by atoms with Gasteiger partial charge in [0, 0.05) is 38.2 Å². The van der Waals surface area contributed by atoms with E-state index in [0.29, 0.717) is 0 Å². The summed E-state index contributed by atoms with van der Waals surface area (Å²) in [4.78, 5) is 0. The van der Waals surface area contributed by atoms with Crippen molar-refractivity contribution in [2.45, 2.75) is 12.8 Å². The molecule has 0 fully saturated rings. The third-order valence-electron chi connectivity index (χ3n) is 8.37. The third kappa shape index (κ3) is 2.82. The number of furan rings is 1. The molecule has 3 nitrogen and oxygen atoms in total. The first-order valence-corrected chi connectivity index (χ1v) is 13.6. The Morgan fingerprint density at radius 1 is 0.564 bits per heavy atom. The van der Waals surface area contributed by atoms with Crippen molar-refractivity contribution < 1.29 is 4.42 Å². The Kier molecular flexibility index (Phi) is 4.17. The highest BCUT2D eigenvalue weighted by Gasteiger charge is 2.22.